The first-order chi connectivity index (χ1) is 17.3. The minimum Gasteiger partial charge on any atom is -0.495 e. The van der Waals surface area contributed by atoms with Gasteiger partial charge in [0.2, 0.25) is 5.91 Å². The zero-order valence-corrected chi connectivity index (χ0v) is 21.8. The van der Waals surface area contributed by atoms with Gasteiger partial charge in [0, 0.05) is 56.1 Å². The van der Waals surface area contributed by atoms with Crippen molar-refractivity contribution in [2.45, 2.75) is 39.7 Å². The molecule has 2 fully saturated rings. The second-order valence-corrected chi connectivity index (χ2v) is 10.4. The first kappa shape index (κ1) is 25.8. The van der Waals surface area contributed by atoms with Crippen molar-refractivity contribution in [1.82, 2.24) is 5.32 Å². The molecule has 1 unspecified atom stereocenters. The summed E-state index contributed by atoms with van der Waals surface area (Å²) >= 11 is 0. The van der Waals surface area contributed by atoms with Gasteiger partial charge in [-0.2, -0.15) is 0 Å². The molecule has 2 amide bonds. The summed E-state index contributed by atoms with van der Waals surface area (Å²) in [5.41, 5.74) is 2.59. The quantitative estimate of drug-likeness (QED) is 0.607. The maximum absolute atomic E-state index is 13.3. The van der Waals surface area contributed by atoms with Gasteiger partial charge in [0.25, 0.3) is 5.91 Å². The van der Waals surface area contributed by atoms with Crippen LogP contribution in [0, 0.1) is 5.41 Å². The Kier molecular flexibility index (Phi) is 8.04. The van der Waals surface area contributed by atoms with Crippen molar-refractivity contribution in [3.63, 3.8) is 0 Å². The highest BCUT2D eigenvalue weighted by Crippen LogP contribution is 2.31. The normalized spacial score (nSPS) is 18.2. The van der Waals surface area contributed by atoms with E-state index in [4.69, 9.17) is 9.47 Å². The van der Waals surface area contributed by atoms with Crippen LogP contribution in [0.15, 0.2) is 42.5 Å². The van der Waals surface area contributed by atoms with Crippen molar-refractivity contribution in [1.29, 1.82) is 0 Å². The van der Waals surface area contributed by atoms with E-state index in [1.807, 2.05) is 51.1 Å². The van der Waals surface area contributed by atoms with Gasteiger partial charge in [0.15, 0.2) is 0 Å². The second-order valence-electron chi connectivity index (χ2n) is 10.4. The first-order valence-corrected chi connectivity index (χ1v) is 12.7. The van der Waals surface area contributed by atoms with E-state index in [-0.39, 0.29) is 17.9 Å². The molecule has 0 radical (unpaired) electrons. The fourth-order valence-electron chi connectivity index (χ4n) is 4.58. The molecule has 0 bridgehead atoms. The molecule has 2 saturated heterocycles. The van der Waals surface area contributed by atoms with E-state index in [0.717, 1.165) is 62.8 Å². The maximum Gasteiger partial charge on any atom is 0.253 e. The minimum atomic E-state index is -0.532. The number of anilines is 3. The first-order valence-electron chi connectivity index (χ1n) is 12.7. The van der Waals surface area contributed by atoms with Gasteiger partial charge in [-0.3, -0.25) is 9.59 Å². The minimum absolute atomic E-state index is 0.0607. The molecule has 2 aromatic rings. The van der Waals surface area contributed by atoms with Gasteiger partial charge in [-0.05, 0) is 43.2 Å². The topological polar surface area (TPSA) is 83.1 Å². The van der Waals surface area contributed by atoms with Crippen molar-refractivity contribution < 1.29 is 19.1 Å². The molecule has 2 aliphatic heterocycles. The van der Waals surface area contributed by atoms with Crippen molar-refractivity contribution in [3.05, 3.63) is 48.0 Å². The number of ether oxygens (including phenoxy) is 2. The molecule has 0 aliphatic carbocycles. The molecular formula is C28H38N4O4. The monoisotopic (exact) mass is 494 g/mol. The number of amides is 2. The Bertz CT molecular complexity index is 1070. The highest BCUT2D eigenvalue weighted by atomic mass is 16.5. The number of hydrogen-bond acceptors (Lipinski definition) is 6. The maximum atomic E-state index is 13.3. The number of piperazine rings is 1. The molecule has 194 valence electrons. The Morgan fingerprint density at radius 1 is 1.03 bits per heavy atom. The third-order valence-corrected chi connectivity index (χ3v) is 6.74. The molecule has 0 saturated carbocycles. The van der Waals surface area contributed by atoms with E-state index in [2.05, 4.69) is 26.5 Å². The zero-order chi connectivity index (χ0) is 25.7. The molecule has 36 heavy (non-hydrogen) atoms. The molecule has 2 aromatic carbocycles. The van der Waals surface area contributed by atoms with Gasteiger partial charge < -0.3 is 29.9 Å². The van der Waals surface area contributed by atoms with E-state index in [0.29, 0.717) is 17.8 Å². The predicted octanol–water partition coefficient (Wildman–Crippen LogP) is 3.92. The lowest BCUT2D eigenvalue weighted by Crippen LogP contribution is -2.47. The van der Waals surface area contributed by atoms with Gasteiger partial charge in [0.1, 0.15) is 5.75 Å². The van der Waals surface area contributed by atoms with Gasteiger partial charge in [-0.15, -0.1) is 0 Å². The van der Waals surface area contributed by atoms with Gasteiger partial charge in [0.05, 0.1) is 24.5 Å². The smallest absolute Gasteiger partial charge is 0.253 e. The largest absolute Gasteiger partial charge is 0.495 e. The number of nitrogens with one attached hydrogen (secondary N) is 2. The van der Waals surface area contributed by atoms with Crippen LogP contribution in [-0.2, 0) is 9.53 Å². The Morgan fingerprint density at radius 2 is 1.72 bits per heavy atom. The van der Waals surface area contributed by atoms with Crippen molar-refractivity contribution in [2.75, 3.05) is 61.6 Å². The summed E-state index contributed by atoms with van der Waals surface area (Å²) in [4.78, 5) is 30.5. The second kappa shape index (κ2) is 11.2. The number of hydrogen-bond donors (Lipinski definition) is 2. The molecule has 4 rings (SSSR count). The Balaban J connectivity index is 1.52. The molecule has 0 spiro atoms. The molecule has 2 heterocycles. The number of carbonyl (C=O) groups is 2. The molecule has 0 aromatic heterocycles. The molecule has 8 nitrogen and oxygen atoms in total. The van der Waals surface area contributed by atoms with Crippen molar-refractivity contribution in [2.24, 2.45) is 5.41 Å². The average molecular weight is 495 g/mol. The van der Waals surface area contributed by atoms with Gasteiger partial charge in [-0.25, -0.2) is 0 Å². The average Bonchev–Trinajstić information content (AvgIpc) is 3.40. The number of rotatable bonds is 7. The lowest BCUT2D eigenvalue weighted by molar-refractivity contribution is -0.123. The van der Waals surface area contributed by atoms with Crippen LogP contribution in [0.3, 0.4) is 0 Å². The summed E-state index contributed by atoms with van der Waals surface area (Å²) < 4.78 is 11.2. The summed E-state index contributed by atoms with van der Waals surface area (Å²) in [6.07, 6.45) is 2.04. The zero-order valence-electron chi connectivity index (χ0n) is 21.8. The molecule has 8 heteroatoms. The molecular weight excluding hydrogens is 456 g/mol. The summed E-state index contributed by atoms with van der Waals surface area (Å²) in [6, 6.07) is 13.6. The number of para-hydroxylation sites is 2. The van der Waals surface area contributed by atoms with E-state index >= 15 is 0 Å². The fourth-order valence-corrected chi connectivity index (χ4v) is 4.58. The van der Waals surface area contributed by atoms with Crippen LogP contribution in [0.4, 0.5) is 17.1 Å². The standard InChI is InChI=1S/C28H38N4O4/c1-28(2,3)27(34)30-20-11-12-23(22(18-20)26(33)29-19-21-8-7-17-36-21)31-13-15-32(16-14-31)24-9-5-6-10-25(24)35-4/h5-6,9-12,18,21H,7-8,13-17,19H2,1-4H3,(H,29,33)(H,30,34). The predicted molar refractivity (Wildman–Crippen MR) is 143 cm³/mol. The van der Waals surface area contributed by atoms with Crippen LogP contribution in [0.25, 0.3) is 0 Å². The van der Waals surface area contributed by atoms with E-state index < -0.39 is 5.41 Å². The number of carbonyl (C=O) groups excluding carboxylic acids is 2. The van der Waals surface area contributed by atoms with E-state index in [1.54, 1.807) is 13.2 Å². The van der Waals surface area contributed by atoms with Crippen LogP contribution >= 0.6 is 0 Å². The SMILES string of the molecule is COc1ccccc1N1CCN(c2ccc(NC(=O)C(C)(C)C)cc2C(=O)NCC2CCCO2)CC1. The molecule has 2 aliphatic rings. The van der Waals surface area contributed by atoms with E-state index in [9.17, 15) is 9.59 Å². The third kappa shape index (κ3) is 6.10. The lowest BCUT2D eigenvalue weighted by atomic mass is 9.95. The van der Waals surface area contributed by atoms with Crippen LogP contribution in [0.2, 0.25) is 0 Å². The number of methoxy groups -OCH3 is 1. The van der Waals surface area contributed by atoms with Crippen molar-refractivity contribution >= 4 is 28.9 Å². The molecule has 2 N–H and O–H groups in total. The Labute approximate surface area is 213 Å². The van der Waals surface area contributed by atoms with Crippen molar-refractivity contribution in [3.8, 4) is 5.75 Å². The summed E-state index contributed by atoms with van der Waals surface area (Å²) in [6.45, 7) is 9.97. The van der Waals surface area contributed by atoms with Crippen LogP contribution in [0.1, 0.15) is 44.0 Å². The van der Waals surface area contributed by atoms with Gasteiger partial charge >= 0.3 is 0 Å². The number of nitrogens with zero attached hydrogens (tertiary/aromatic N) is 2. The Hall–Kier alpha value is -3.26. The highest BCUT2D eigenvalue weighted by Gasteiger charge is 2.26. The Morgan fingerprint density at radius 3 is 2.36 bits per heavy atom. The van der Waals surface area contributed by atoms with Crippen LogP contribution < -0.4 is 25.2 Å². The highest BCUT2D eigenvalue weighted by molar-refractivity contribution is 6.02. The van der Waals surface area contributed by atoms with Crippen LogP contribution in [-0.4, -0.2) is 64.4 Å². The van der Waals surface area contributed by atoms with E-state index in [1.165, 1.54) is 0 Å². The molecule has 1 atom stereocenters. The van der Waals surface area contributed by atoms with Crippen LogP contribution in [0.5, 0.6) is 5.75 Å². The third-order valence-electron chi connectivity index (χ3n) is 6.74. The van der Waals surface area contributed by atoms with Gasteiger partial charge in [-0.1, -0.05) is 32.9 Å². The fraction of sp³-hybridized carbons (Fsp3) is 0.500. The summed E-state index contributed by atoms with van der Waals surface area (Å²) in [5, 5.41) is 6.01. The summed E-state index contributed by atoms with van der Waals surface area (Å²) in [5.74, 6) is 0.616. The lowest BCUT2D eigenvalue weighted by Gasteiger charge is -2.38. The number of benzene rings is 2. The summed E-state index contributed by atoms with van der Waals surface area (Å²) in [7, 11) is 1.69.